The lowest BCUT2D eigenvalue weighted by molar-refractivity contribution is 0.101. The highest BCUT2D eigenvalue weighted by Crippen LogP contribution is 2.24. The SMILES string of the molecule is CCOC(=O)N1CCc2c(cncc2C(=O)Nc2ccc3[nH]ccc3c2)C1. The Hall–Kier alpha value is -3.35. The molecule has 0 fully saturated rings. The zero-order valence-corrected chi connectivity index (χ0v) is 15.0. The number of amides is 2. The summed E-state index contributed by atoms with van der Waals surface area (Å²) in [5, 5.41) is 3.98. The van der Waals surface area contributed by atoms with Gasteiger partial charge < -0.3 is 19.9 Å². The molecule has 27 heavy (non-hydrogen) atoms. The number of pyridine rings is 1. The molecular formula is C20H20N4O3. The third-order valence-corrected chi connectivity index (χ3v) is 4.72. The summed E-state index contributed by atoms with van der Waals surface area (Å²) < 4.78 is 5.07. The van der Waals surface area contributed by atoms with Gasteiger partial charge in [-0.3, -0.25) is 9.78 Å². The van der Waals surface area contributed by atoms with Crippen molar-refractivity contribution >= 4 is 28.6 Å². The van der Waals surface area contributed by atoms with Gasteiger partial charge in [0.05, 0.1) is 18.7 Å². The largest absolute Gasteiger partial charge is 0.450 e. The number of nitrogens with zero attached hydrogens (tertiary/aromatic N) is 2. The van der Waals surface area contributed by atoms with Crippen molar-refractivity contribution in [3.05, 3.63) is 59.5 Å². The Balaban J connectivity index is 1.55. The predicted molar refractivity (Wildman–Crippen MR) is 102 cm³/mol. The van der Waals surface area contributed by atoms with Crippen LogP contribution < -0.4 is 5.32 Å². The van der Waals surface area contributed by atoms with Crippen LogP contribution in [-0.2, 0) is 17.7 Å². The van der Waals surface area contributed by atoms with Crippen LogP contribution in [0.3, 0.4) is 0 Å². The van der Waals surface area contributed by atoms with E-state index in [2.05, 4.69) is 15.3 Å². The van der Waals surface area contributed by atoms with E-state index in [9.17, 15) is 9.59 Å². The number of anilines is 1. The molecule has 1 aromatic carbocycles. The first-order valence-corrected chi connectivity index (χ1v) is 8.91. The second kappa shape index (κ2) is 7.11. The Labute approximate surface area is 156 Å². The number of nitrogens with one attached hydrogen (secondary N) is 2. The Bertz CT molecular complexity index is 1010. The number of ether oxygens (including phenoxy) is 1. The summed E-state index contributed by atoms with van der Waals surface area (Å²) in [6.07, 6.45) is 5.42. The number of rotatable bonds is 3. The number of aromatic amines is 1. The summed E-state index contributed by atoms with van der Waals surface area (Å²) in [6, 6.07) is 7.68. The van der Waals surface area contributed by atoms with E-state index in [1.54, 1.807) is 24.2 Å². The van der Waals surface area contributed by atoms with Gasteiger partial charge in [0.15, 0.2) is 0 Å². The molecule has 0 spiro atoms. The molecule has 0 saturated carbocycles. The Morgan fingerprint density at radius 2 is 2.19 bits per heavy atom. The van der Waals surface area contributed by atoms with Gasteiger partial charge >= 0.3 is 6.09 Å². The van der Waals surface area contributed by atoms with E-state index in [4.69, 9.17) is 4.74 Å². The molecule has 3 aromatic rings. The number of hydrogen-bond donors (Lipinski definition) is 2. The van der Waals surface area contributed by atoms with E-state index in [1.165, 1.54) is 0 Å². The summed E-state index contributed by atoms with van der Waals surface area (Å²) in [7, 11) is 0. The maximum Gasteiger partial charge on any atom is 0.410 e. The van der Waals surface area contributed by atoms with Gasteiger partial charge in [-0.1, -0.05) is 0 Å². The van der Waals surface area contributed by atoms with Crippen molar-refractivity contribution in [2.45, 2.75) is 19.9 Å². The molecule has 0 radical (unpaired) electrons. The van der Waals surface area contributed by atoms with E-state index < -0.39 is 0 Å². The van der Waals surface area contributed by atoms with Gasteiger partial charge in [0, 0.05) is 41.7 Å². The molecule has 2 aromatic heterocycles. The fourth-order valence-electron chi connectivity index (χ4n) is 3.39. The lowest BCUT2D eigenvalue weighted by Gasteiger charge is -2.28. The van der Waals surface area contributed by atoms with Crippen LogP contribution in [0.1, 0.15) is 28.4 Å². The predicted octanol–water partition coefficient (Wildman–Crippen LogP) is 3.33. The fourth-order valence-corrected chi connectivity index (χ4v) is 3.39. The second-order valence-electron chi connectivity index (χ2n) is 6.43. The number of benzene rings is 1. The summed E-state index contributed by atoms with van der Waals surface area (Å²) >= 11 is 0. The van der Waals surface area contributed by atoms with Crippen LogP contribution in [-0.4, -0.2) is 40.0 Å². The Kier molecular flexibility index (Phi) is 4.50. The Morgan fingerprint density at radius 3 is 3.04 bits per heavy atom. The van der Waals surface area contributed by atoms with Gasteiger partial charge in [-0.05, 0) is 48.7 Å². The van der Waals surface area contributed by atoms with Crippen molar-refractivity contribution in [2.75, 3.05) is 18.5 Å². The van der Waals surface area contributed by atoms with Crippen molar-refractivity contribution in [1.82, 2.24) is 14.9 Å². The van der Waals surface area contributed by atoms with Gasteiger partial charge in [0.2, 0.25) is 0 Å². The molecular weight excluding hydrogens is 344 g/mol. The minimum Gasteiger partial charge on any atom is -0.450 e. The number of carbonyl (C=O) groups is 2. The minimum absolute atomic E-state index is 0.196. The molecule has 3 heterocycles. The number of fused-ring (bicyclic) bond motifs is 2. The molecule has 1 aliphatic heterocycles. The standard InChI is InChI=1S/C20H20N4O3/c1-2-27-20(26)24-8-6-16-14(12-24)10-21-11-17(16)19(25)23-15-3-4-18-13(9-15)5-7-22-18/h3-5,7,9-11,22H,2,6,8,12H2,1H3,(H,23,25). The Morgan fingerprint density at radius 1 is 1.30 bits per heavy atom. The number of aromatic nitrogens is 2. The van der Waals surface area contributed by atoms with Gasteiger partial charge in [-0.25, -0.2) is 4.79 Å². The molecule has 2 amide bonds. The first-order valence-electron chi connectivity index (χ1n) is 8.91. The molecule has 4 rings (SSSR count). The number of H-pyrrole nitrogens is 1. The van der Waals surface area contributed by atoms with Crippen LogP contribution >= 0.6 is 0 Å². The molecule has 0 atom stereocenters. The van der Waals surface area contributed by atoms with Crippen LogP contribution in [0.25, 0.3) is 10.9 Å². The summed E-state index contributed by atoms with van der Waals surface area (Å²) in [5.41, 5.74) is 4.11. The zero-order valence-electron chi connectivity index (χ0n) is 15.0. The first kappa shape index (κ1) is 17.1. The molecule has 138 valence electrons. The molecule has 0 bridgehead atoms. The second-order valence-corrected chi connectivity index (χ2v) is 6.43. The van der Waals surface area contributed by atoms with E-state index in [1.807, 2.05) is 30.5 Å². The summed E-state index contributed by atoms with van der Waals surface area (Å²) in [5.74, 6) is -0.196. The van der Waals surface area contributed by atoms with Gasteiger partial charge in [0.1, 0.15) is 0 Å². The summed E-state index contributed by atoms with van der Waals surface area (Å²) in [6.45, 7) is 3.04. The smallest absolute Gasteiger partial charge is 0.410 e. The molecule has 0 saturated heterocycles. The monoisotopic (exact) mass is 364 g/mol. The molecule has 2 N–H and O–H groups in total. The topological polar surface area (TPSA) is 87.3 Å². The third-order valence-electron chi connectivity index (χ3n) is 4.72. The average Bonchev–Trinajstić information content (AvgIpc) is 3.15. The van der Waals surface area contributed by atoms with E-state index in [0.717, 1.165) is 27.7 Å². The van der Waals surface area contributed by atoms with Gasteiger partial charge in [0.25, 0.3) is 5.91 Å². The van der Waals surface area contributed by atoms with Crippen molar-refractivity contribution in [1.29, 1.82) is 0 Å². The van der Waals surface area contributed by atoms with E-state index >= 15 is 0 Å². The van der Waals surface area contributed by atoms with Crippen LogP contribution in [0.2, 0.25) is 0 Å². The average molecular weight is 364 g/mol. The van der Waals surface area contributed by atoms with E-state index in [-0.39, 0.29) is 12.0 Å². The maximum atomic E-state index is 12.8. The van der Waals surface area contributed by atoms with Crippen LogP contribution in [0, 0.1) is 0 Å². The normalized spacial score (nSPS) is 13.3. The highest BCUT2D eigenvalue weighted by Gasteiger charge is 2.25. The van der Waals surface area contributed by atoms with Crippen LogP contribution in [0.15, 0.2) is 42.9 Å². The highest BCUT2D eigenvalue weighted by molar-refractivity contribution is 6.06. The van der Waals surface area contributed by atoms with Crippen LogP contribution in [0.5, 0.6) is 0 Å². The fraction of sp³-hybridized carbons (Fsp3) is 0.250. The zero-order chi connectivity index (χ0) is 18.8. The lowest BCUT2D eigenvalue weighted by atomic mass is 9.97. The minimum atomic E-state index is -0.335. The highest BCUT2D eigenvalue weighted by atomic mass is 16.6. The molecule has 0 unspecified atom stereocenters. The molecule has 0 aliphatic carbocycles. The third kappa shape index (κ3) is 3.36. The van der Waals surface area contributed by atoms with Gasteiger partial charge in [-0.15, -0.1) is 0 Å². The summed E-state index contributed by atoms with van der Waals surface area (Å²) in [4.78, 5) is 33.7. The van der Waals surface area contributed by atoms with Crippen molar-refractivity contribution < 1.29 is 14.3 Å². The maximum absolute atomic E-state index is 12.8. The van der Waals surface area contributed by atoms with E-state index in [0.29, 0.717) is 31.7 Å². The van der Waals surface area contributed by atoms with Crippen molar-refractivity contribution in [2.24, 2.45) is 0 Å². The lowest BCUT2D eigenvalue weighted by Crippen LogP contribution is -2.37. The molecule has 7 nitrogen and oxygen atoms in total. The van der Waals surface area contributed by atoms with Crippen molar-refractivity contribution in [3.8, 4) is 0 Å². The first-order chi connectivity index (χ1) is 13.2. The number of hydrogen-bond acceptors (Lipinski definition) is 4. The number of carbonyl (C=O) groups excluding carboxylic acids is 2. The van der Waals surface area contributed by atoms with Crippen LogP contribution in [0.4, 0.5) is 10.5 Å². The van der Waals surface area contributed by atoms with Crippen molar-refractivity contribution in [3.63, 3.8) is 0 Å². The molecule has 1 aliphatic rings. The quantitative estimate of drug-likeness (QED) is 0.746. The molecule has 7 heteroatoms. The van der Waals surface area contributed by atoms with Gasteiger partial charge in [-0.2, -0.15) is 0 Å².